The van der Waals surface area contributed by atoms with Gasteiger partial charge in [0.25, 0.3) is 5.92 Å². The molecule has 0 amide bonds. The minimum absolute atomic E-state index is 0.00654. The summed E-state index contributed by atoms with van der Waals surface area (Å²) in [6.45, 7) is 3.74. The molecule has 0 saturated carbocycles. The average molecular weight is 252 g/mol. The normalized spacial score (nSPS) is 11.8. The first-order valence-electron chi connectivity index (χ1n) is 6.01. The zero-order valence-corrected chi connectivity index (χ0v) is 10.7. The van der Waals surface area contributed by atoms with Crippen LogP contribution < -0.4 is 0 Å². The van der Waals surface area contributed by atoms with E-state index in [0.29, 0.717) is 6.54 Å². The van der Waals surface area contributed by atoms with E-state index in [1.807, 2.05) is 19.9 Å². The molecule has 1 aromatic rings. The van der Waals surface area contributed by atoms with Gasteiger partial charge in [-0.1, -0.05) is 30.3 Å². The first-order chi connectivity index (χ1) is 8.47. The van der Waals surface area contributed by atoms with Crippen LogP contribution in [0, 0.1) is 11.3 Å². The Balaban J connectivity index is 2.76. The highest BCUT2D eigenvalue weighted by atomic mass is 19.3. The third-order valence-electron chi connectivity index (χ3n) is 2.84. The monoisotopic (exact) mass is 252 g/mol. The van der Waals surface area contributed by atoms with Crippen molar-refractivity contribution in [1.82, 2.24) is 4.90 Å². The molecule has 0 saturated heterocycles. The predicted octanol–water partition coefficient (Wildman–Crippen LogP) is 3.40. The number of halogens is 2. The average Bonchev–Trinajstić information content (AvgIpc) is 2.35. The second-order valence-electron chi connectivity index (χ2n) is 4.54. The highest BCUT2D eigenvalue weighted by molar-refractivity contribution is 5.20. The Kier molecular flexibility index (Phi) is 5.24. The number of rotatable bonds is 6. The standard InChI is InChI=1S/C14H18F2N2/c1-12(2)18(10-6-9-17)11-14(15,16)13-7-4-3-5-8-13/h3-5,7-8,12H,6,10-11H2,1-2H3. The van der Waals surface area contributed by atoms with Crippen molar-refractivity contribution in [1.29, 1.82) is 5.26 Å². The Morgan fingerprint density at radius 3 is 2.39 bits per heavy atom. The lowest BCUT2D eigenvalue weighted by molar-refractivity contribution is -0.0445. The quantitative estimate of drug-likeness (QED) is 0.775. The van der Waals surface area contributed by atoms with Gasteiger partial charge in [0.1, 0.15) is 0 Å². The highest BCUT2D eigenvalue weighted by Gasteiger charge is 2.34. The molecule has 2 nitrogen and oxygen atoms in total. The van der Waals surface area contributed by atoms with Crippen LogP contribution in [0.5, 0.6) is 0 Å². The fourth-order valence-electron chi connectivity index (χ4n) is 1.74. The van der Waals surface area contributed by atoms with Gasteiger partial charge in [-0.05, 0) is 13.8 Å². The molecule has 0 radical (unpaired) electrons. The number of nitrogens with zero attached hydrogens (tertiary/aromatic N) is 2. The van der Waals surface area contributed by atoms with E-state index in [4.69, 9.17) is 5.26 Å². The minimum Gasteiger partial charge on any atom is -0.294 e. The third kappa shape index (κ3) is 4.08. The maximum atomic E-state index is 14.1. The Bertz CT molecular complexity index is 396. The van der Waals surface area contributed by atoms with Crippen LogP contribution in [0.2, 0.25) is 0 Å². The Morgan fingerprint density at radius 2 is 1.89 bits per heavy atom. The molecule has 0 aliphatic carbocycles. The van der Waals surface area contributed by atoms with E-state index >= 15 is 0 Å². The molecule has 18 heavy (non-hydrogen) atoms. The smallest absolute Gasteiger partial charge is 0.285 e. The molecule has 1 aromatic carbocycles. The van der Waals surface area contributed by atoms with E-state index in [9.17, 15) is 8.78 Å². The Morgan fingerprint density at radius 1 is 1.28 bits per heavy atom. The lowest BCUT2D eigenvalue weighted by Crippen LogP contribution is -2.40. The van der Waals surface area contributed by atoms with Crippen molar-refractivity contribution >= 4 is 0 Å². The van der Waals surface area contributed by atoms with Gasteiger partial charge >= 0.3 is 0 Å². The van der Waals surface area contributed by atoms with Crippen molar-refractivity contribution in [3.05, 3.63) is 35.9 Å². The number of nitriles is 1. The van der Waals surface area contributed by atoms with Crippen LogP contribution >= 0.6 is 0 Å². The van der Waals surface area contributed by atoms with Gasteiger partial charge in [0.05, 0.1) is 12.6 Å². The maximum Gasteiger partial charge on any atom is 0.285 e. The van der Waals surface area contributed by atoms with Crippen LogP contribution in [-0.4, -0.2) is 24.0 Å². The van der Waals surface area contributed by atoms with Gasteiger partial charge < -0.3 is 0 Å². The number of hydrogen-bond donors (Lipinski definition) is 0. The summed E-state index contributed by atoms with van der Waals surface area (Å²) >= 11 is 0. The summed E-state index contributed by atoms with van der Waals surface area (Å²) in [5.74, 6) is -2.89. The van der Waals surface area contributed by atoms with Crippen molar-refractivity contribution < 1.29 is 8.78 Å². The molecule has 0 aromatic heterocycles. The van der Waals surface area contributed by atoms with Crippen molar-refractivity contribution in [2.75, 3.05) is 13.1 Å². The summed E-state index contributed by atoms with van der Waals surface area (Å²) < 4.78 is 28.1. The molecule has 0 fully saturated rings. The second-order valence-corrected chi connectivity index (χ2v) is 4.54. The van der Waals surface area contributed by atoms with Gasteiger partial charge in [-0.25, -0.2) is 0 Å². The molecule has 4 heteroatoms. The topological polar surface area (TPSA) is 27.0 Å². The molecule has 0 bridgehead atoms. The van der Waals surface area contributed by atoms with Crippen molar-refractivity contribution in [3.63, 3.8) is 0 Å². The molecule has 0 aliphatic rings. The summed E-state index contributed by atoms with van der Waals surface area (Å²) in [5, 5.41) is 8.55. The van der Waals surface area contributed by atoms with Gasteiger partial charge in [-0.3, -0.25) is 4.90 Å². The Labute approximate surface area is 107 Å². The predicted molar refractivity (Wildman–Crippen MR) is 67.3 cm³/mol. The van der Waals surface area contributed by atoms with Gasteiger partial charge in [-0.2, -0.15) is 14.0 Å². The van der Waals surface area contributed by atoms with Crippen molar-refractivity contribution in [3.8, 4) is 6.07 Å². The SMILES string of the molecule is CC(C)N(CCC#N)CC(F)(F)c1ccccc1. The molecule has 0 unspecified atom stereocenters. The Hall–Kier alpha value is -1.47. The largest absolute Gasteiger partial charge is 0.294 e. The van der Waals surface area contributed by atoms with E-state index in [0.717, 1.165) is 0 Å². The van der Waals surface area contributed by atoms with Crippen molar-refractivity contribution in [2.24, 2.45) is 0 Å². The molecule has 1 rings (SSSR count). The molecule has 0 atom stereocenters. The van der Waals surface area contributed by atoms with Crippen LogP contribution in [0.3, 0.4) is 0 Å². The van der Waals surface area contributed by atoms with Crippen molar-refractivity contribution in [2.45, 2.75) is 32.2 Å². The van der Waals surface area contributed by atoms with Crippen LogP contribution in [-0.2, 0) is 5.92 Å². The van der Waals surface area contributed by atoms with E-state index in [-0.39, 0.29) is 24.6 Å². The summed E-state index contributed by atoms with van der Waals surface area (Å²) in [5.41, 5.74) is 0.0209. The van der Waals surface area contributed by atoms with Crippen LogP contribution in [0.1, 0.15) is 25.8 Å². The van der Waals surface area contributed by atoms with Gasteiger partial charge in [0.2, 0.25) is 0 Å². The van der Waals surface area contributed by atoms with Gasteiger partial charge in [-0.15, -0.1) is 0 Å². The van der Waals surface area contributed by atoms with Crippen LogP contribution in [0.25, 0.3) is 0 Å². The number of benzene rings is 1. The summed E-state index contributed by atoms with van der Waals surface area (Å²) in [4.78, 5) is 1.64. The molecule has 98 valence electrons. The fraction of sp³-hybridized carbons (Fsp3) is 0.500. The second kappa shape index (κ2) is 6.46. The molecule has 0 aliphatic heterocycles. The third-order valence-corrected chi connectivity index (χ3v) is 2.84. The maximum absolute atomic E-state index is 14.1. The van der Waals surface area contributed by atoms with E-state index in [1.54, 1.807) is 23.1 Å². The van der Waals surface area contributed by atoms with E-state index in [2.05, 4.69) is 0 Å². The zero-order chi connectivity index (χ0) is 13.6. The summed E-state index contributed by atoms with van der Waals surface area (Å²) in [6.07, 6.45) is 0.267. The number of alkyl halides is 2. The van der Waals surface area contributed by atoms with Crippen LogP contribution in [0.15, 0.2) is 30.3 Å². The zero-order valence-electron chi connectivity index (χ0n) is 10.7. The van der Waals surface area contributed by atoms with E-state index < -0.39 is 5.92 Å². The summed E-state index contributed by atoms with van der Waals surface area (Å²) in [7, 11) is 0. The van der Waals surface area contributed by atoms with Gasteiger partial charge in [0, 0.05) is 24.6 Å². The molecular weight excluding hydrogens is 234 g/mol. The first-order valence-corrected chi connectivity index (χ1v) is 6.01. The molecule has 0 N–H and O–H groups in total. The van der Waals surface area contributed by atoms with Crippen LogP contribution in [0.4, 0.5) is 8.78 Å². The lowest BCUT2D eigenvalue weighted by atomic mass is 10.1. The lowest BCUT2D eigenvalue weighted by Gasteiger charge is -2.30. The molecule has 0 spiro atoms. The fourth-order valence-corrected chi connectivity index (χ4v) is 1.74. The van der Waals surface area contributed by atoms with Gasteiger partial charge in [0.15, 0.2) is 0 Å². The minimum atomic E-state index is -2.89. The first kappa shape index (κ1) is 14.6. The highest BCUT2D eigenvalue weighted by Crippen LogP contribution is 2.29. The van der Waals surface area contributed by atoms with E-state index in [1.165, 1.54) is 12.1 Å². The molecular formula is C14H18F2N2. The summed E-state index contributed by atoms with van der Waals surface area (Å²) in [6, 6.07) is 9.79. The number of hydrogen-bond acceptors (Lipinski definition) is 2. The molecule has 0 heterocycles.